The van der Waals surface area contributed by atoms with Gasteiger partial charge in [0.2, 0.25) is 0 Å². The van der Waals surface area contributed by atoms with Crippen LogP contribution in [0.3, 0.4) is 0 Å². The molecule has 4 nitrogen and oxygen atoms in total. The minimum Gasteiger partial charge on any atom is -0.481 e. The Morgan fingerprint density at radius 1 is 1.23 bits per heavy atom. The van der Waals surface area contributed by atoms with Crippen molar-refractivity contribution in [3.05, 3.63) is 64.1 Å². The molecule has 1 aliphatic rings. The molecule has 0 unspecified atom stereocenters. The molecule has 1 heterocycles. The Morgan fingerprint density at radius 2 is 2.00 bits per heavy atom. The van der Waals surface area contributed by atoms with Gasteiger partial charge in [0, 0.05) is 12.3 Å². The lowest BCUT2D eigenvalue weighted by Crippen LogP contribution is -2.41. The van der Waals surface area contributed by atoms with Crippen molar-refractivity contribution in [2.24, 2.45) is 4.99 Å². The van der Waals surface area contributed by atoms with Gasteiger partial charge < -0.3 is 4.74 Å². The third-order valence-electron chi connectivity index (χ3n) is 3.82. The van der Waals surface area contributed by atoms with Gasteiger partial charge in [0.05, 0.1) is 16.6 Å². The van der Waals surface area contributed by atoms with E-state index < -0.39 is 6.10 Å². The van der Waals surface area contributed by atoms with Crippen molar-refractivity contribution in [2.45, 2.75) is 18.8 Å². The maximum absolute atomic E-state index is 12.7. The monoisotopic (exact) mass is 408 g/mol. The second-order valence-corrected chi connectivity index (χ2v) is 7.52. The van der Waals surface area contributed by atoms with E-state index in [-0.39, 0.29) is 5.91 Å². The summed E-state index contributed by atoms with van der Waals surface area (Å²) in [6.45, 7) is 2.94. The summed E-state index contributed by atoms with van der Waals surface area (Å²) in [5.74, 6) is 1.24. The number of carbonyl (C=O) groups excluding carboxylic acids is 1. The molecule has 0 bridgehead atoms. The Hall–Kier alpha value is -1.69. The maximum atomic E-state index is 12.7. The maximum Gasteiger partial charge on any atom is 0.269 e. The number of halogens is 2. The highest BCUT2D eigenvalue weighted by Crippen LogP contribution is 2.26. The van der Waals surface area contributed by atoms with Crippen molar-refractivity contribution in [2.75, 3.05) is 13.1 Å². The van der Waals surface area contributed by atoms with Crippen molar-refractivity contribution in [3.63, 3.8) is 0 Å². The minimum atomic E-state index is -0.578. The number of rotatable bonds is 5. The first-order valence-corrected chi connectivity index (χ1v) is 9.93. The fourth-order valence-corrected chi connectivity index (χ4v) is 3.82. The quantitative estimate of drug-likeness (QED) is 0.706. The summed E-state index contributed by atoms with van der Waals surface area (Å²) in [6, 6.07) is 14.9. The zero-order chi connectivity index (χ0) is 18.5. The predicted octanol–water partition coefficient (Wildman–Crippen LogP) is 4.89. The van der Waals surface area contributed by atoms with Gasteiger partial charge in [0.25, 0.3) is 5.91 Å². The van der Waals surface area contributed by atoms with Gasteiger partial charge in [0.1, 0.15) is 5.75 Å². The first-order valence-electron chi connectivity index (χ1n) is 8.19. The van der Waals surface area contributed by atoms with E-state index >= 15 is 0 Å². The topological polar surface area (TPSA) is 41.9 Å². The van der Waals surface area contributed by atoms with E-state index in [9.17, 15) is 4.79 Å². The van der Waals surface area contributed by atoms with Crippen molar-refractivity contribution in [1.29, 1.82) is 0 Å². The predicted molar refractivity (Wildman–Crippen MR) is 108 cm³/mol. The van der Waals surface area contributed by atoms with Gasteiger partial charge in [-0.1, -0.05) is 59.2 Å². The summed E-state index contributed by atoms with van der Waals surface area (Å²) in [7, 11) is 0. The van der Waals surface area contributed by atoms with Crippen LogP contribution in [0.2, 0.25) is 10.0 Å². The van der Waals surface area contributed by atoms with Crippen LogP contribution >= 0.6 is 35.0 Å². The number of carbonyl (C=O) groups is 1. The molecule has 0 saturated heterocycles. The number of nitrogens with zero attached hydrogens (tertiary/aromatic N) is 2. The number of amides is 1. The van der Waals surface area contributed by atoms with Crippen LogP contribution in [0.15, 0.2) is 53.5 Å². The number of aliphatic imine (C=N–C) groups is 1. The molecular weight excluding hydrogens is 391 g/mol. The molecule has 1 amide bonds. The Bertz CT molecular complexity index is 814. The number of para-hydroxylation sites is 1. The van der Waals surface area contributed by atoms with Crippen molar-refractivity contribution in [1.82, 2.24) is 4.90 Å². The third kappa shape index (κ3) is 4.72. The zero-order valence-corrected chi connectivity index (χ0v) is 16.5. The zero-order valence-electron chi connectivity index (χ0n) is 14.2. The van der Waals surface area contributed by atoms with E-state index in [2.05, 4.69) is 4.99 Å². The fraction of sp³-hybridized carbons (Fsp3) is 0.263. The Morgan fingerprint density at radius 3 is 2.73 bits per heavy atom. The average molecular weight is 409 g/mol. The lowest BCUT2D eigenvalue weighted by molar-refractivity contribution is -0.133. The lowest BCUT2D eigenvalue weighted by Gasteiger charge is -2.22. The molecule has 0 saturated carbocycles. The van der Waals surface area contributed by atoms with Crippen molar-refractivity contribution < 1.29 is 9.53 Å². The smallest absolute Gasteiger partial charge is 0.269 e. The van der Waals surface area contributed by atoms with Crippen molar-refractivity contribution in [3.8, 4) is 5.75 Å². The van der Waals surface area contributed by atoms with Gasteiger partial charge in [-0.15, -0.1) is 0 Å². The summed E-state index contributed by atoms with van der Waals surface area (Å²) < 4.78 is 5.74. The summed E-state index contributed by atoms with van der Waals surface area (Å²) in [6.07, 6.45) is -0.578. The summed E-state index contributed by atoms with van der Waals surface area (Å²) in [4.78, 5) is 18.9. The number of thioether (sulfide) groups is 1. The SMILES string of the molecule is C[C@@H](Oc1ccccc1)C(=O)N1CCN=C1SCc1ccc(Cl)c(Cl)c1. The molecule has 0 N–H and O–H groups in total. The molecule has 2 aromatic carbocycles. The largest absolute Gasteiger partial charge is 0.481 e. The third-order valence-corrected chi connectivity index (χ3v) is 5.65. The van der Waals surface area contributed by atoms with Crippen molar-refractivity contribution >= 4 is 46.0 Å². The Labute approximate surface area is 167 Å². The molecule has 0 fully saturated rings. The molecule has 0 spiro atoms. The van der Waals surface area contributed by atoms with E-state index in [1.54, 1.807) is 17.9 Å². The second kappa shape index (κ2) is 8.80. The van der Waals surface area contributed by atoms with Crippen LogP contribution in [-0.2, 0) is 10.5 Å². The lowest BCUT2D eigenvalue weighted by atomic mass is 10.2. The van der Waals surface area contributed by atoms with Gasteiger partial charge in [0.15, 0.2) is 11.3 Å². The molecule has 7 heteroatoms. The van der Waals surface area contributed by atoms with Crippen LogP contribution in [-0.4, -0.2) is 35.2 Å². The number of amidine groups is 1. The summed E-state index contributed by atoms with van der Waals surface area (Å²) in [5, 5.41) is 1.77. The number of ether oxygens (including phenoxy) is 1. The van der Waals surface area contributed by atoms with E-state index in [4.69, 9.17) is 27.9 Å². The van der Waals surface area contributed by atoms with Crippen LogP contribution < -0.4 is 4.74 Å². The Kier molecular flexibility index (Phi) is 6.46. The molecule has 3 rings (SSSR count). The van der Waals surface area contributed by atoms with Crippen LogP contribution in [0.25, 0.3) is 0 Å². The summed E-state index contributed by atoms with van der Waals surface area (Å²) >= 11 is 13.5. The highest BCUT2D eigenvalue weighted by Gasteiger charge is 2.29. The first-order chi connectivity index (χ1) is 12.5. The standard InChI is InChI=1S/C19H18Cl2N2O2S/c1-13(25-15-5-3-2-4-6-15)18(24)23-10-9-22-19(23)26-12-14-7-8-16(20)17(21)11-14/h2-8,11,13H,9-10,12H2,1H3/t13-/m1/s1. The minimum absolute atomic E-state index is 0.0910. The van der Waals surface area contributed by atoms with Gasteiger partial charge in [-0.25, -0.2) is 0 Å². The number of benzene rings is 2. The molecule has 0 radical (unpaired) electrons. The van der Waals surface area contributed by atoms with Crippen LogP contribution in [0.4, 0.5) is 0 Å². The van der Waals surface area contributed by atoms with Crippen LogP contribution in [0.1, 0.15) is 12.5 Å². The van der Waals surface area contributed by atoms with E-state index in [1.165, 1.54) is 11.8 Å². The fourth-order valence-electron chi connectivity index (χ4n) is 2.51. The molecular formula is C19H18Cl2N2O2S. The highest BCUT2D eigenvalue weighted by molar-refractivity contribution is 8.13. The number of hydrogen-bond acceptors (Lipinski definition) is 4. The van der Waals surface area contributed by atoms with Gasteiger partial charge in [-0.3, -0.25) is 14.7 Å². The molecule has 2 aromatic rings. The van der Waals surface area contributed by atoms with Crippen LogP contribution in [0, 0.1) is 0 Å². The van der Waals surface area contributed by atoms with Gasteiger partial charge >= 0.3 is 0 Å². The molecule has 1 aliphatic heterocycles. The highest BCUT2D eigenvalue weighted by atomic mass is 35.5. The molecule has 0 aromatic heterocycles. The van der Waals surface area contributed by atoms with Crippen LogP contribution in [0.5, 0.6) is 5.75 Å². The summed E-state index contributed by atoms with van der Waals surface area (Å²) in [5.41, 5.74) is 1.03. The van der Waals surface area contributed by atoms with Gasteiger partial charge in [-0.05, 0) is 36.8 Å². The second-order valence-electron chi connectivity index (χ2n) is 5.76. The molecule has 136 valence electrons. The van der Waals surface area contributed by atoms with Gasteiger partial charge in [-0.2, -0.15) is 0 Å². The van der Waals surface area contributed by atoms with E-state index in [0.717, 1.165) is 5.56 Å². The molecule has 0 aliphatic carbocycles. The number of hydrogen-bond donors (Lipinski definition) is 0. The first kappa shape index (κ1) is 19.1. The average Bonchev–Trinajstić information content (AvgIpc) is 3.11. The van der Waals surface area contributed by atoms with E-state index in [0.29, 0.717) is 39.8 Å². The molecule has 26 heavy (non-hydrogen) atoms. The van der Waals surface area contributed by atoms with E-state index in [1.807, 2.05) is 42.5 Å². The normalized spacial score (nSPS) is 14.9. The molecule has 1 atom stereocenters. The Balaban J connectivity index is 1.60.